The quantitative estimate of drug-likeness (QED) is 0.468. The van der Waals surface area contributed by atoms with Gasteiger partial charge in [0.15, 0.2) is 11.5 Å². The molecule has 176 valence electrons. The highest BCUT2D eigenvalue weighted by Crippen LogP contribution is 2.56. The zero-order chi connectivity index (χ0) is 23.3. The molecule has 3 aromatic rings. The summed E-state index contributed by atoms with van der Waals surface area (Å²) >= 11 is 0. The van der Waals surface area contributed by atoms with Gasteiger partial charge in [0.1, 0.15) is 18.2 Å². The van der Waals surface area contributed by atoms with Gasteiger partial charge in [-0.2, -0.15) is 0 Å². The Bertz CT molecular complexity index is 1240. The minimum atomic E-state index is -0.277. The zero-order valence-electron chi connectivity index (χ0n) is 20.1. The van der Waals surface area contributed by atoms with Crippen LogP contribution in [0, 0.1) is 13.8 Å². The maximum atomic E-state index is 6.33. The third-order valence-corrected chi connectivity index (χ3v) is 7.18. The van der Waals surface area contributed by atoms with Crippen molar-refractivity contribution in [2.75, 3.05) is 36.7 Å². The molecule has 0 amide bonds. The summed E-state index contributed by atoms with van der Waals surface area (Å²) in [5, 5.41) is 3.66. The maximum absolute atomic E-state index is 6.33. The number of hydrogen-bond donors (Lipinski definition) is 1. The van der Waals surface area contributed by atoms with Crippen molar-refractivity contribution in [1.82, 2.24) is 4.98 Å². The van der Waals surface area contributed by atoms with Crippen molar-refractivity contribution in [2.24, 2.45) is 0 Å². The van der Waals surface area contributed by atoms with Gasteiger partial charge in [0.25, 0.3) is 0 Å². The van der Waals surface area contributed by atoms with Crippen LogP contribution in [0.1, 0.15) is 48.6 Å². The van der Waals surface area contributed by atoms with Gasteiger partial charge in [-0.15, -0.1) is 0 Å². The summed E-state index contributed by atoms with van der Waals surface area (Å²) in [6.07, 6.45) is 3.62. The summed E-state index contributed by atoms with van der Waals surface area (Å²) in [6.45, 7) is 9.18. The van der Waals surface area contributed by atoms with Crippen LogP contribution in [0.15, 0.2) is 42.5 Å². The Labute approximate surface area is 200 Å². The van der Waals surface area contributed by atoms with Crippen LogP contribution >= 0.6 is 0 Å². The van der Waals surface area contributed by atoms with Gasteiger partial charge in [-0.05, 0) is 56.2 Å². The van der Waals surface area contributed by atoms with Crippen LogP contribution in [-0.4, -0.2) is 31.5 Å². The predicted octanol–water partition coefficient (Wildman–Crippen LogP) is 5.86. The third kappa shape index (κ3) is 3.35. The summed E-state index contributed by atoms with van der Waals surface area (Å²) in [6, 6.07) is 14.9. The lowest BCUT2D eigenvalue weighted by Gasteiger charge is -2.26. The highest BCUT2D eigenvalue weighted by atomic mass is 16.7. The fourth-order valence-corrected chi connectivity index (χ4v) is 5.73. The van der Waals surface area contributed by atoms with E-state index in [9.17, 15) is 0 Å². The third-order valence-electron chi connectivity index (χ3n) is 7.18. The van der Waals surface area contributed by atoms with Crippen LogP contribution in [0.25, 0.3) is 0 Å². The van der Waals surface area contributed by atoms with E-state index in [0.29, 0.717) is 6.61 Å². The first-order chi connectivity index (χ1) is 16.6. The van der Waals surface area contributed by atoms with E-state index in [2.05, 4.69) is 60.5 Å². The number of anilines is 3. The van der Waals surface area contributed by atoms with Gasteiger partial charge in [0.05, 0.1) is 5.41 Å². The molecule has 2 aromatic carbocycles. The normalized spacial score (nSPS) is 19.3. The summed E-state index contributed by atoms with van der Waals surface area (Å²) in [7, 11) is 0. The molecule has 0 fully saturated rings. The highest BCUT2D eigenvalue weighted by Gasteiger charge is 2.51. The van der Waals surface area contributed by atoms with Crippen molar-refractivity contribution >= 4 is 17.2 Å². The lowest BCUT2D eigenvalue weighted by Crippen LogP contribution is -2.36. The second kappa shape index (κ2) is 8.12. The highest BCUT2D eigenvalue weighted by molar-refractivity contribution is 5.80. The average molecular weight is 458 g/mol. The topological polar surface area (TPSA) is 55.9 Å². The van der Waals surface area contributed by atoms with E-state index < -0.39 is 0 Å². The Hall–Kier alpha value is -3.41. The number of unbranched alkanes of at least 4 members (excludes halogenated alkanes) is 2. The first-order valence-corrected chi connectivity index (χ1v) is 12.2. The van der Waals surface area contributed by atoms with E-state index >= 15 is 0 Å². The second-order valence-electron chi connectivity index (χ2n) is 9.70. The molecule has 34 heavy (non-hydrogen) atoms. The molecule has 3 aliphatic heterocycles. The minimum Gasteiger partial charge on any atom is -0.492 e. The van der Waals surface area contributed by atoms with Crippen molar-refractivity contribution < 1.29 is 14.2 Å². The predicted molar refractivity (Wildman–Crippen MR) is 134 cm³/mol. The number of fused-ring (bicyclic) bond motifs is 5. The molecule has 0 radical (unpaired) electrons. The molecule has 1 atom stereocenters. The number of ether oxygens (including phenoxy) is 3. The smallest absolute Gasteiger partial charge is 0.231 e. The molecule has 4 heterocycles. The standard InChI is InChI=1S/C28H31N3O3/c1-4-5-6-10-31-15-28(16-32-23-14-25-24(13-20(23)28)33-17-34-25)27-21(8-7-9-22(27)31)30-26-12-18(2)11-19(3)29-26/h7-9,11-14H,4-6,10,15-17H2,1-3H3,(H,29,30). The Morgan fingerprint density at radius 1 is 1.00 bits per heavy atom. The van der Waals surface area contributed by atoms with E-state index in [0.717, 1.165) is 47.5 Å². The first kappa shape index (κ1) is 21.1. The monoisotopic (exact) mass is 457 g/mol. The Kier molecular flexibility index (Phi) is 5.05. The van der Waals surface area contributed by atoms with E-state index in [1.165, 1.54) is 41.6 Å². The van der Waals surface area contributed by atoms with Crippen LogP contribution in [0.5, 0.6) is 17.2 Å². The first-order valence-electron chi connectivity index (χ1n) is 12.2. The van der Waals surface area contributed by atoms with Gasteiger partial charge < -0.3 is 24.4 Å². The maximum Gasteiger partial charge on any atom is 0.231 e. The Morgan fingerprint density at radius 2 is 1.85 bits per heavy atom. The van der Waals surface area contributed by atoms with E-state index in [1.807, 2.05) is 13.0 Å². The summed E-state index contributed by atoms with van der Waals surface area (Å²) in [5.74, 6) is 3.33. The molecule has 6 nitrogen and oxygen atoms in total. The van der Waals surface area contributed by atoms with E-state index in [1.54, 1.807) is 0 Å². The molecular weight excluding hydrogens is 426 g/mol. The van der Waals surface area contributed by atoms with Gasteiger partial charge in [0.2, 0.25) is 6.79 Å². The van der Waals surface area contributed by atoms with Crippen LogP contribution in [0.2, 0.25) is 0 Å². The summed E-state index contributed by atoms with van der Waals surface area (Å²) < 4.78 is 17.7. The molecule has 1 aromatic heterocycles. The Morgan fingerprint density at radius 3 is 2.68 bits per heavy atom. The number of benzene rings is 2. The number of nitrogens with zero attached hydrogens (tertiary/aromatic N) is 2. The largest absolute Gasteiger partial charge is 0.492 e. The lowest BCUT2D eigenvalue weighted by molar-refractivity contribution is 0.173. The SMILES string of the molecule is CCCCCN1CC2(COc3cc4c(cc32)OCO4)c2c(Nc3cc(C)cc(C)n3)cccc21. The van der Waals surface area contributed by atoms with Crippen molar-refractivity contribution in [3.8, 4) is 17.2 Å². The van der Waals surface area contributed by atoms with Gasteiger partial charge >= 0.3 is 0 Å². The lowest BCUT2D eigenvalue weighted by atomic mass is 9.76. The van der Waals surface area contributed by atoms with Crippen LogP contribution in [0.4, 0.5) is 17.2 Å². The molecule has 0 aliphatic carbocycles. The molecule has 3 aliphatic rings. The Balaban J connectivity index is 1.48. The second-order valence-corrected chi connectivity index (χ2v) is 9.70. The van der Waals surface area contributed by atoms with Crippen molar-refractivity contribution in [2.45, 2.75) is 45.4 Å². The molecule has 0 saturated carbocycles. The number of aromatic nitrogens is 1. The van der Waals surface area contributed by atoms with Gasteiger partial charge in [-0.25, -0.2) is 4.98 Å². The molecule has 0 bridgehead atoms. The molecule has 1 N–H and O–H groups in total. The minimum absolute atomic E-state index is 0.260. The van der Waals surface area contributed by atoms with Crippen LogP contribution < -0.4 is 24.4 Å². The van der Waals surface area contributed by atoms with Crippen molar-refractivity contribution in [3.63, 3.8) is 0 Å². The molecule has 6 heteroatoms. The molecule has 0 saturated heterocycles. The van der Waals surface area contributed by atoms with Crippen molar-refractivity contribution in [3.05, 3.63) is 64.8 Å². The number of aryl methyl sites for hydroxylation is 2. The molecule has 6 rings (SSSR count). The number of hydrogen-bond acceptors (Lipinski definition) is 6. The van der Waals surface area contributed by atoms with Gasteiger partial charge in [-0.3, -0.25) is 0 Å². The number of rotatable bonds is 6. The number of pyridine rings is 1. The molecule has 1 spiro atoms. The average Bonchev–Trinajstić information content (AvgIpc) is 3.49. The summed E-state index contributed by atoms with van der Waals surface area (Å²) in [4.78, 5) is 7.28. The molecular formula is C28H31N3O3. The van der Waals surface area contributed by atoms with Crippen molar-refractivity contribution in [1.29, 1.82) is 0 Å². The summed E-state index contributed by atoms with van der Waals surface area (Å²) in [5.41, 5.74) is 6.75. The fourth-order valence-electron chi connectivity index (χ4n) is 5.73. The number of nitrogens with one attached hydrogen (secondary N) is 1. The zero-order valence-corrected chi connectivity index (χ0v) is 20.1. The van der Waals surface area contributed by atoms with Crippen LogP contribution in [-0.2, 0) is 5.41 Å². The fraction of sp³-hybridized carbons (Fsp3) is 0.393. The van der Waals surface area contributed by atoms with Gasteiger partial charge in [-0.1, -0.05) is 25.8 Å². The van der Waals surface area contributed by atoms with Crippen LogP contribution in [0.3, 0.4) is 0 Å². The van der Waals surface area contributed by atoms with E-state index in [4.69, 9.17) is 19.2 Å². The van der Waals surface area contributed by atoms with Gasteiger partial charge in [0, 0.05) is 47.4 Å². The molecule has 1 unspecified atom stereocenters. The van der Waals surface area contributed by atoms with E-state index in [-0.39, 0.29) is 12.2 Å².